The fraction of sp³-hybridized carbons (Fsp3) is 0.500. The first kappa shape index (κ1) is 13.1. The summed E-state index contributed by atoms with van der Waals surface area (Å²) in [4.78, 5) is 14.0. The van der Waals surface area contributed by atoms with Crippen molar-refractivity contribution in [1.82, 2.24) is 10.2 Å². The largest absolute Gasteiger partial charge is 0.378 e. The molecule has 4 heteroatoms. The molecule has 2 rings (SSSR count). The monoisotopic (exact) mass is 248 g/mol. The van der Waals surface area contributed by atoms with Crippen LogP contribution in [-0.4, -0.2) is 41.1 Å². The molecular formula is C14H20N2O2. The summed E-state index contributed by atoms with van der Waals surface area (Å²) in [6.07, 6.45) is -1.05. The minimum absolute atomic E-state index is 0.207. The van der Waals surface area contributed by atoms with Gasteiger partial charge >= 0.3 is 0 Å². The first-order valence-corrected chi connectivity index (χ1v) is 6.35. The minimum atomic E-state index is -1.05. The van der Waals surface area contributed by atoms with Gasteiger partial charge in [0, 0.05) is 25.2 Å². The number of benzene rings is 1. The number of nitrogens with zero attached hydrogens (tertiary/aromatic N) is 1. The third-order valence-corrected chi connectivity index (χ3v) is 3.22. The van der Waals surface area contributed by atoms with Crippen molar-refractivity contribution in [2.75, 3.05) is 13.1 Å². The Balaban J connectivity index is 2.07. The predicted octanol–water partition coefficient (Wildman–Crippen LogP) is 0.929. The molecule has 0 bridgehead atoms. The molecule has 0 spiro atoms. The van der Waals surface area contributed by atoms with Gasteiger partial charge in [-0.05, 0) is 19.4 Å². The van der Waals surface area contributed by atoms with Gasteiger partial charge in [0.15, 0.2) is 6.10 Å². The summed E-state index contributed by atoms with van der Waals surface area (Å²) in [5, 5.41) is 13.5. The Morgan fingerprint density at radius 1 is 1.28 bits per heavy atom. The highest BCUT2D eigenvalue weighted by atomic mass is 16.3. The summed E-state index contributed by atoms with van der Waals surface area (Å²) in [7, 11) is 0. The predicted molar refractivity (Wildman–Crippen MR) is 70.0 cm³/mol. The standard InChI is InChI=1S/C14H20N2O2/c1-10-8-16(9-11(2)15-10)14(18)13(17)12-6-4-3-5-7-12/h3-7,10-11,13,15,17H,8-9H2,1-2H3. The van der Waals surface area contributed by atoms with E-state index in [1.54, 1.807) is 17.0 Å². The lowest BCUT2D eigenvalue weighted by molar-refractivity contribution is -0.142. The topological polar surface area (TPSA) is 52.6 Å². The van der Waals surface area contributed by atoms with Gasteiger partial charge < -0.3 is 15.3 Å². The van der Waals surface area contributed by atoms with Crippen LogP contribution in [0.3, 0.4) is 0 Å². The Kier molecular flexibility index (Phi) is 3.99. The number of carbonyl (C=O) groups is 1. The lowest BCUT2D eigenvalue weighted by Gasteiger charge is -2.37. The van der Waals surface area contributed by atoms with E-state index in [0.717, 1.165) is 0 Å². The molecule has 1 amide bonds. The molecule has 3 atom stereocenters. The smallest absolute Gasteiger partial charge is 0.256 e. The van der Waals surface area contributed by atoms with E-state index < -0.39 is 6.10 Å². The van der Waals surface area contributed by atoms with Crippen LogP contribution in [0, 0.1) is 0 Å². The van der Waals surface area contributed by atoms with Gasteiger partial charge in [-0.15, -0.1) is 0 Å². The number of amides is 1. The normalized spacial score (nSPS) is 25.8. The van der Waals surface area contributed by atoms with Gasteiger partial charge in [0.25, 0.3) is 5.91 Å². The Morgan fingerprint density at radius 3 is 2.39 bits per heavy atom. The number of piperazine rings is 1. The minimum Gasteiger partial charge on any atom is -0.378 e. The van der Waals surface area contributed by atoms with Gasteiger partial charge in [-0.25, -0.2) is 0 Å². The summed E-state index contributed by atoms with van der Waals surface area (Å²) >= 11 is 0. The van der Waals surface area contributed by atoms with Crippen molar-refractivity contribution in [1.29, 1.82) is 0 Å². The third kappa shape index (κ3) is 2.89. The van der Waals surface area contributed by atoms with Crippen LogP contribution >= 0.6 is 0 Å². The molecule has 0 aromatic heterocycles. The molecule has 2 N–H and O–H groups in total. The second-order valence-corrected chi connectivity index (χ2v) is 5.03. The molecule has 0 aliphatic carbocycles. The molecule has 1 aromatic rings. The van der Waals surface area contributed by atoms with Crippen molar-refractivity contribution in [3.8, 4) is 0 Å². The van der Waals surface area contributed by atoms with Crippen molar-refractivity contribution in [3.63, 3.8) is 0 Å². The molecule has 1 aliphatic heterocycles. The molecule has 1 fully saturated rings. The van der Waals surface area contributed by atoms with E-state index in [9.17, 15) is 9.90 Å². The van der Waals surface area contributed by atoms with Gasteiger partial charge in [0.2, 0.25) is 0 Å². The molecule has 98 valence electrons. The van der Waals surface area contributed by atoms with E-state index in [4.69, 9.17) is 0 Å². The number of carbonyl (C=O) groups excluding carboxylic acids is 1. The van der Waals surface area contributed by atoms with Crippen molar-refractivity contribution in [2.24, 2.45) is 0 Å². The zero-order valence-electron chi connectivity index (χ0n) is 10.8. The Hall–Kier alpha value is -1.39. The van der Waals surface area contributed by atoms with Crippen molar-refractivity contribution in [2.45, 2.75) is 32.0 Å². The zero-order chi connectivity index (χ0) is 13.1. The second-order valence-electron chi connectivity index (χ2n) is 5.03. The highest BCUT2D eigenvalue weighted by molar-refractivity contribution is 5.82. The number of aliphatic hydroxyl groups excluding tert-OH is 1. The summed E-state index contributed by atoms with van der Waals surface area (Å²) in [5.41, 5.74) is 0.654. The highest BCUT2D eigenvalue weighted by Crippen LogP contribution is 2.17. The number of hydrogen-bond acceptors (Lipinski definition) is 3. The Labute approximate surface area is 108 Å². The maximum absolute atomic E-state index is 12.2. The van der Waals surface area contributed by atoms with Crippen molar-refractivity contribution in [3.05, 3.63) is 35.9 Å². The average molecular weight is 248 g/mol. The lowest BCUT2D eigenvalue weighted by atomic mass is 10.1. The molecular weight excluding hydrogens is 228 g/mol. The van der Waals surface area contributed by atoms with Crippen LogP contribution in [0.1, 0.15) is 25.5 Å². The number of hydrogen-bond donors (Lipinski definition) is 2. The molecule has 1 aromatic carbocycles. The van der Waals surface area contributed by atoms with Gasteiger partial charge in [-0.3, -0.25) is 4.79 Å². The molecule has 0 saturated carbocycles. The van der Waals surface area contributed by atoms with E-state index in [2.05, 4.69) is 5.32 Å². The van der Waals surface area contributed by atoms with E-state index in [1.165, 1.54) is 0 Å². The van der Waals surface area contributed by atoms with Crippen LogP contribution in [-0.2, 0) is 4.79 Å². The maximum Gasteiger partial charge on any atom is 0.256 e. The van der Waals surface area contributed by atoms with Crippen LogP contribution in [0.4, 0.5) is 0 Å². The Morgan fingerprint density at radius 2 is 1.83 bits per heavy atom. The van der Waals surface area contributed by atoms with Crippen LogP contribution in [0.2, 0.25) is 0 Å². The number of nitrogens with one attached hydrogen (secondary N) is 1. The fourth-order valence-electron chi connectivity index (χ4n) is 2.46. The van der Waals surface area contributed by atoms with Crippen LogP contribution in [0.25, 0.3) is 0 Å². The number of aliphatic hydroxyl groups is 1. The van der Waals surface area contributed by atoms with Crippen LogP contribution < -0.4 is 5.32 Å². The highest BCUT2D eigenvalue weighted by Gasteiger charge is 2.29. The average Bonchev–Trinajstić information content (AvgIpc) is 2.37. The van der Waals surface area contributed by atoms with E-state index >= 15 is 0 Å². The lowest BCUT2D eigenvalue weighted by Crippen LogP contribution is -2.56. The van der Waals surface area contributed by atoms with E-state index in [-0.39, 0.29) is 18.0 Å². The van der Waals surface area contributed by atoms with Gasteiger partial charge in [-0.2, -0.15) is 0 Å². The molecule has 18 heavy (non-hydrogen) atoms. The molecule has 0 radical (unpaired) electrons. The fourth-order valence-corrected chi connectivity index (χ4v) is 2.46. The molecule has 1 aliphatic rings. The summed E-state index contributed by atoms with van der Waals surface area (Å²) in [6.45, 7) is 5.38. The SMILES string of the molecule is CC1CN(C(=O)C(O)c2ccccc2)CC(C)N1. The third-order valence-electron chi connectivity index (χ3n) is 3.22. The maximum atomic E-state index is 12.2. The summed E-state index contributed by atoms with van der Waals surface area (Å²) in [6, 6.07) is 9.61. The van der Waals surface area contributed by atoms with Gasteiger partial charge in [-0.1, -0.05) is 30.3 Å². The quantitative estimate of drug-likeness (QED) is 0.818. The van der Waals surface area contributed by atoms with Crippen LogP contribution in [0.15, 0.2) is 30.3 Å². The Bertz CT molecular complexity index is 398. The first-order chi connectivity index (χ1) is 8.58. The summed E-state index contributed by atoms with van der Waals surface area (Å²) < 4.78 is 0. The second kappa shape index (κ2) is 5.50. The number of rotatable bonds is 2. The van der Waals surface area contributed by atoms with Gasteiger partial charge in [0.05, 0.1) is 0 Å². The zero-order valence-corrected chi connectivity index (χ0v) is 10.8. The molecule has 3 unspecified atom stereocenters. The van der Waals surface area contributed by atoms with Crippen molar-refractivity contribution >= 4 is 5.91 Å². The molecule has 4 nitrogen and oxygen atoms in total. The van der Waals surface area contributed by atoms with Gasteiger partial charge in [0.1, 0.15) is 0 Å². The van der Waals surface area contributed by atoms with Crippen molar-refractivity contribution < 1.29 is 9.90 Å². The summed E-state index contributed by atoms with van der Waals surface area (Å²) in [5.74, 6) is -0.207. The van der Waals surface area contributed by atoms with E-state index in [1.807, 2.05) is 32.0 Å². The first-order valence-electron chi connectivity index (χ1n) is 6.35. The molecule has 1 heterocycles. The van der Waals surface area contributed by atoms with Crippen LogP contribution in [0.5, 0.6) is 0 Å². The molecule has 1 saturated heterocycles. The van der Waals surface area contributed by atoms with E-state index in [0.29, 0.717) is 18.7 Å².